The molecule has 1 aromatic carbocycles. The van der Waals surface area contributed by atoms with Crippen molar-refractivity contribution >= 4 is 18.1 Å². The minimum Gasteiger partial charge on any atom is -0.399 e. The summed E-state index contributed by atoms with van der Waals surface area (Å²) >= 11 is 0. The lowest BCUT2D eigenvalue weighted by Crippen LogP contribution is -1.95. The number of rotatable bonds is 3. The predicted molar refractivity (Wildman–Crippen MR) is 86.9 cm³/mol. The van der Waals surface area contributed by atoms with Crippen LogP contribution in [0, 0.1) is 6.92 Å². The summed E-state index contributed by atoms with van der Waals surface area (Å²) in [5.41, 5.74) is 10.4. The summed E-state index contributed by atoms with van der Waals surface area (Å²) in [6.07, 6.45) is 3.98. The van der Waals surface area contributed by atoms with Gasteiger partial charge >= 0.3 is 0 Å². The second-order valence-electron chi connectivity index (χ2n) is 4.72. The molecule has 2 N–H and O–H groups in total. The van der Waals surface area contributed by atoms with Gasteiger partial charge in [-0.2, -0.15) is 10.2 Å². The zero-order chi connectivity index (χ0) is 14.1. The van der Waals surface area contributed by atoms with Gasteiger partial charge in [0.05, 0.1) is 17.1 Å². The van der Waals surface area contributed by atoms with Gasteiger partial charge in [-0.15, -0.1) is 12.4 Å². The Labute approximate surface area is 129 Å². The molecule has 0 aliphatic carbocycles. The zero-order valence-corrected chi connectivity index (χ0v) is 12.8. The van der Waals surface area contributed by atoms with Gasteiger partial charge in [-0.25, -0.2) is 4.68 Å². The largest absolute Gasteiger partial charge is 0.399 e. The Balaban J connectivity index is 0.00000161. The van der Waals surface area contributed by atoms with Gasteiger partial charge in [0.2, 0.25) is 0 Å². The topological polar surface area (TPSA) is 61.7 Å². The van der Waals surface area contributed by atoms with Crippen LogP contribution in [0.2, 0.25) is 0 Å². The fourth-order valence-corrected chi connectivity index (χ4v) is 2.17. The van der Waals surface area contributed by atoms with Crippen LogP contribution in [0.1, 0.15) is 12.6 Å². The highest BCUT2D eigenvalue weighted by atomic mass is 35.5. The first-order valence-corrected chi connectivity index (χ1v) is 6.63. The Hall–Kier alpha value is -2.27. The molecule has 0 unspecified atom stereocenters. The van der Waals surface area contributed by atoms with E-state index in [4.69, 9.17) is 5.73 Å². The Morgan fingerprint density at radius 2 is 1.81 bits per heavy atom. The van der Waals surface area contributed by atoms with Crippen LogP contribution in [0.5, 0.6) is 0 Å². The highest BCUT2D eigenvalue weighted by Crippen LogP contribution is 2.21. The summed E-state index contributed by atoms with van der Waals surface area (Å²) in [5.74, 6) is 0. The number of aryl methyl sites for hydroxylation is 2. The van der Waals surface area contributed by atoms with Crippen LogP contribution in [0.3, 0.4) is 0 Å². The second kappa shape index (κ2) is 6.01. The second-order valence-corrected chi connectivity index (χ2v) is 4.72. The lowest BCUT2D eigenvalue weighted by molar-refractivity contribution is 0.653. The number of hydrogen-bond acceptors (Lipinski definition) is 3. The SMILES string of the molecule is CCn1cc(-c2ccn(-c3ccc(N)cc3)n2)c(C)n1.Cl. The van der Waals surface area contributed by atoms with Crippen LogP contribution < -0.4 is 5.73 Å². The number of nitrogen functional groups attached to an aromatic ring is 1. The fraction of sp³-hybridized carbons (Fsp3) is 0.200. The zero-order valence-electron chi connectivity index (χ0n) is 12.0. The quantitative estimate of drug-likeness (QED) is 0.756. The maximum absolute atomic E-state index is 5.70. The third-order valence-electron chi connectivity index (χ3n) is 3.29. The number of hydrogen-bond donors (Lipinski definition) is 1. The third-order valence-corrected chi connectivity index (χ3v) is 3.29. The maximum atomic E-state index is 5.70. The van der Waals surface area contributed by atoms with Crippen molar-refractivity contribution in [3.05, 3.63) is 48.4 Å². The monoisotopic (exact) mass is 303 g/mol. The van der Waals surface area contributed by atoms with Crippen molar-refractivity contribution in [2.24, 2.45) is 0 Å². The number of aromatic nitrogens is 4. The summed E-state index contributed by atoms with van der Waals surface area (Å²) in [6, 6.07) is 9.65. The standard InChI is InChI=1S/C15H17N5.ClH/c1-3-19-10-14(11(2)17-19)15-8-9-20(18-15)13-6-4-12(16)5-7-13;/h4-10H,3,16H2,1-2H3;1H. The van der Waals surface area contributed by atoms with Gasteiger partial charge in [0.15, 0.2) is 0 Å². The van der Waals surface area contributed by atoms with Crippen LogP contribution >= 0.6 is 12.4 Å². The molecule has 0 saturated heterocycles. The first-order valence-electron chi connectivity index (χ1n) is 6.63. The molecule has 3 rings (SSSR count). The van der Waals surface area contributed by atoms with Crippen LogP contribution in [-0.2, 0) is 6.54 Å². The van der Waals surface area contributed by atoms with E-state index in [1.807, 2.05) is 59.0 Å². The minimum absolute atomic E-state index is 0. The number of nitrogens with zero attached hydrogens (tertiary/aromatic N) is 4. The average Bonchev–Trinajstić information content (AvgIpc) is 3.06. The normalized spacial score (nSPS) is 10.4. The maximum Gasteiger partial charge on any atom is 0.0961 e. The van der Waals surface area contributed by atoms with Gasteiger partial charge in [-0.05, 0) is 44.2 Å². The molecule has 5 nitrogen and oxygen atoms in total. The molecule has 0 spiro atoms. The van der Waals surface area contributed by atoms with Crippen molar-refractivity contribution < 1.29 is 0 Å². The molecule has 0 radical (unpaired) electrons. The molecule has 0 atom stereocenters. The van der Waals surface area contributed by atoms with E-state index in [1.54, 1.807) is 0 Å². The summed E-state index contributed by atoms with van der Waals surface area (Å²) in [7, 11) is 0. The van der Waals surface area contributed by atoms with Crippen LogP contribution in [0.15, 0.2) is 42.7 Å². The van der Waals surface area contributed by atoms with Crippen molar-refractivity contribution in [3.63, 3.8) is 0 Å². The van der Waals surface area contributed by atoms with E-state index < -0.39 is 0 Å². The van der Waals surface area contributed by atoms with E-state index in [0.29, 0.717) is 0 Å². The Kier molecular flexibility index (Phi) is 4.33. The molecule has 2 aromatic heterocycles. The van der Waals surface area contributed by atoms with Crippen molar-refractivity contribution in [1.29, 1.82) is 0 Å². The number of benzene rings is 1. The molecule has 0 saturated carbocycles. The Morgan fingerprint density at radius 1 is 1.10 bits per heavy atom. The molecular formula is C15H18ClN5. The first kappa shape index (κ1) is 15.1. The lowest BCUT2D eigenvalue weighted by atomic mass is 10.2. The molecule has 3 aromatic rings. The molecule has 110 valence electrons. The predicted octanol–water partition coefficient (Wildman–Crippen LogP) is 3.07. The summed E-state index contributed by atoms with van der Waals surface area (Å²) in [5, 5.41) is 9.06. The molecule has 21 heavy (non-hydrogen) atoms. The van der Waals surface area contributed by atoms with Gasteiger partial charge in [-0.1, -0.05) is 0 Å². The van der Waals surface area contributed by atoms with Gasteiger partial charge < -0.3 is 5.73 Å². The third kappa shape index (κ3) is 2.92. The Bertz CT molecular complexity index is 727. The molecule has 0 aliphatic rings. The van der Waals surface area contributed by atoms with Crippen molar-refractivity contribution in [1.82, 2.24) is 19.6 Å². The number of halogens is 1. The molecule has 2 heterocycles. The van der Waals surface area contributed by atoms with Gasteiger partial charge in [0.1, 0.15) is 0 Å². The molecule has 0 bridgehead atoms. The number of nitrogens with two attached hydrogens (primary N) is 1. The Morgan fingerprint density at radius 3 is 2.43 bits per heavy atom. The van der Waals surface area contributed by atoms with Crippen molar-refractivity contribution in [2.45, 2.75) is 20.4 Å². The van der Waals surface area contributed by atoms with Crippen molar-refractivity contribution in [2.75, 3.05) is 5.73 Å². The summed E-state index contributed by atoms with van der Waals surface area (Å²) < 4.78 is 3.77. The van der Waals surface area contributed by atoms with Crippen LogP contribution in [0.25, 0.3) is 16.9 Å². The molecule has 0 aliphatic heterocycles. The molecule has 6 heteroatoms. The van der Waals surface area contributed by atoms with E-state index in [2.05, 4.69) is 17.1 Å². The lowest BCUT2D eigenvalue weighted by Gasteiger charge is -2.01. The molecular weight excluding hydrogens is 286 g/mol. The minimum atomic E-state index is 0. The molecule has 0 amide bonds. The van der Waals surface area contributed by atoms with Crippen LogP contribution in [-0.4, -0.2) is 19.6 Å². The van der Waals surface area contributed by atoms with E-state index in [1.165, 1.54) is 0 Å². The smallest absolute Gasteiger partial charge is 0.0961 e. The highest BCUT2D eigenvalue weighted by molar-refractivity contribution is 5.85. The van der Waals surface area contributed by atoms with E-state index in [0.717, 1.165) is 34.9 Å². The summed E-state index contributed by atoms with van der Waals surface area (Å²) in [4.78, 5) is 0. The van der Waals surface area contributed by atoms with E-state index in [9.17, 15) is 0 Å². The van der Waals surface area contributed by atoms with Crippen molar-refractivity contribution in [3.8, 4) is 16.9 Å². The van der Waals surface area contributed by atoms with Crippen LogP contribution in [0.4, 0.5) is 5.69 Å². The fourth-order valence-electron chi connectivity index (χ4n) is 2.17. The average molecular weight is 304 g/mol. The highest BCUT2D eigenvalue weighted by Gasteiger charge is 2.10. The van der Waals surface area contributed by atoms with Gasteiger partial charge in [0.25, 0.3) is 0 Å². The number of anilines is 1. The van der Waals surface area contributed by atoms with Gasteiger partial charge in [0, 0.05) is 30.2 Å². The molecule has 0 fully saturated rings. The summed E-state index contributed by atoms with van der Waals surface area (Å²) in [6.45, 7) is 4.94. The van der Waals surface area contributed by atoms with E-state index in [-0.39, 0.29) is 12.4 Å². The van der Waals surface area contributed by atoms with E-state index >= 15 is 0 Å². The van der Waals surface area contributed by atoms with Gasteiger partial charge in [-0.3, -0.25) is 4.68 Å². The first-order chi connectivity index (χ1) is 9.67.